The van der Waals surface area contributed by atoms with Gasteiger partial charge in [0.15, 0.2) is 0 Å². The Balaban J connectivity index is 3.70. The lowest BCUT2D eigenvalue weighted by molar-refractivity contribution is 0.00835. The fourth-order valence-corrected chi connectivity index (χ4v) is 1.44. The summed E-state index contributed by atoms with van der Waals surface area (Å²) >= 11 is 0. The van der Waals surface area contributed by atoms with Crippen LogP contribution in [0.2, 0.25) is 0 Å². The van der Waals surface area contributed by atoms with E-state index in [2.05, 4.69) is 39.9 Å². The van der Waals surface area contributed by atoms with Gasteiger partial charge in [0, 0.05) is 13.2 Å². The molecule has 0 spiro atoms. The molecular weight excluding hydrogens is 174 g/mol. The molecular formula is C12H27NO. The number of hydrogen-bond donors (Lipinski definition) is 1. The molecule has 0 amide bonds. The zero-order chi connectivity index (χ0) is 11.2. The van der Waals surface area contributed by atoms with Crippen LogP contribution in [0.5, 0.6) is 0 Å². The van der Waals surface area contributed by atoms with Crippen molar-refractivity contribution in [2.75, 3.05) is 13.7 Å². The fraction of sp³-hybridized carbons (Fsp3) is 1.00. The van der Waals surface area contributed by atoms with Crippen molar-refractivity contribution in [3.8, 4) is 0 Å². The summed E-state index contributed by atoms with van der Waals surface area (Å²) in [6.07, 6.45) is 2.30. The van der Waals surface area contributed by atoms with E-state index in [1.807, 2.05) is 0 Å². The summed E-state index contributed by atoms with van der Waals surface area (Å²) in [6, 6.07) is 0.527. The highest BCUT2D eigenvalue weighted by Gasteiger charge is 2.19. The molecule has 1 N–H and O–H groups in total. The van der Waals surface area contributed by atoms with Crippen molar-refractivity contribution in [3.63, 3.8) is 0 Å². The largest absolute Gasteiger partial charge is 0.379 e. The molecule has 86 valence electrons. The molecule has 0 radical (unpaired) electrons. The first-order valence-electron chi connectivity index (χ1n) is 5.69. The summed E-state index contributed by atoms with van der Waals surface area (Å²) in [5.74, 6) is 0.767. The van der Waals surface area contributed by atoms with Gasteiger partial charge in [0.1, 0.15) is 0 Å². The van der Waals surface area contributed by atoms with Gasteiger partial charge in [-0.25, -0.2) is 0 Å². The Labute approximate surface area is 89.4 Å². The van der Waals surface area contributed by atoms with E-state index in [4.69, 9.17) is 4.74 Å². The molecule has 2 atom stereocenters. The molecule has 0 aromatic heterocycles. The van der Waals surface area contributed by atoms with Gasteiger partial charge in [0.25, 0.3) is 0 Å². The van der Waals surface area contributed by atoms with E-state index in [0.717, 1.165) is 18.9 Å². The topological polar surface area (TPSA) is 21.3 Å². The second-order valence-corrected chi connectivity index (χ2v) is 4.99. The molecule has 0 saturated carbocycles. The van der Waals surface area contributed by atoms with E-state index in [9.17, 15) is 0 Å². The lowest BCUT2D eigenvalue weighted by atomic mass is 9.99. The number of hydrogen-bond acceptors (Lipinski definition) is 2. The SMILES string of the molecule is CCC(C)CNC(C)CC(C)(C)OC. The Kier molecular flexibility index (Phi) is 6.38. The Hall–Kier alpha value is -0.0800. The third-order valence-corrected chi connectivity index (χ3v) is 2.86. The van der Waals surface area contributed by atoms with Gasteiger partial charge < -0.3 is 10.1 Å². The standard InChI is InChI=1S/C12H27NO/c1-7-10(2)9-13-11(3)8-12(4,5)14-6/h10-11,13H,7-9H2,1-6H3. The van der Waals surface area contributed by atoms with Crippen LogP contribution < -0.4 is 5.32 Å². The van der Waals surface area contributed by atoms with Crippen LogP contribution in [0.15, 0.2) is 0 Å². The molecule has 0 aromatic carbocycles. The normalized spacial score (nSPS) is 16.7. The number of methoxy groups -OCH3 is 1. The smallest absolute Gasteiger partial charge is 0.0637 e. The predicted molar refractivity (Wildman–Crippen MR) is 62.6 cm³/mol. The van der Waals surface area contributed by atoms with Crippen molar-refractivity contribution in [2.24, 2.45) is 5.92 Å². The third-order valence-electron chi connectivity index (χ3n) is 2.86. The first-order valence-corrected chi connectivity index (χ1v) is 5.69. The highest BCUT2D eigenvalue weighted by Crippen LogP contribution is 2.15. The van der Waals surface area contributed by atoms with Crippen LogP contribution in [-0.4, -0.2) is 25.3 Å². The quantitative estimate of drug-likeness (QED) is 0.684. The van der Waals surface area contributed by atoms with Gasteiger partial charge in [0.05, 0.1) is 5.60 Å². The Morgan fingerprint density at radius 1 is 1.29 bits per heavy atom. The minimum atomic E-state index is -0.0120. The monoisotopic (exact) mass is 201 g/mol. The summed E-state index contributed by atoms with van der Waals surface area (Å²) in [5.41, 5.74) is -0.0120. The maximum absolute atomic E-state index is 5.40. The number of ether oxygens (including phenoxy) is 1. The maximum Gasteiger partial charge on any atom is 0.0637 e. The average molecular weight is 201 g/mol. The Bertz CT molecular complexity index is 145. The van der Waals surface area contributed by atoms with Crippen LogP contribution in [0.4, 0.5) is 0 Å². The molecule has 2 nitrogen and oxygen atoms in total. The lowest BCUT2D eigenvalue weighted by Gasteiger charge is -2.27. The molecule has 0 aromatic rings. The Morgan fingerprint density at radius 2 is 1.86 bits per heavy atom. The number of nitrogens with one attached hydrogen (secondary N) is 1. The molecule has 0 heterocycles. The van der Waals surface area contributed by atoms with Crippen LogP contribution >= 0.6 is 0 Å². The van der Waals surface area contributed by atoms with Gasteiger partial charge in [-0.15, -0.1) is 0 Å². The minimum absolute atomic E-state index is 0.0120. The summed E-state index contributed by atoms with van der Waals surface area (Å²) in [7, 11) is 1.78. The number of rotatable bonds is 7. The van der Waals surface area contributed by atoms with E-state index in [1.165, 1.54) is 6.42 Å². The van der Waals surface area contributed by atoms with Crippen molar-refractivity contribution < 1.29 is 4.74 Å². The van der Waals surface area contributed by atoms with Gasteiger partial charge in [-0.05, 0) is 39.7 Å². The van der Waals surface area contributed by atoms with Gasteiger partial charge in [-0.2, -0.15) is 0 Å². The van der Waals surface area contributed by atoms with Crippen LogP contribution in [0.3, 0.4) is 0 Å². The maximum atomic E-state index is 5.40. The van der Waals surface area contributed by atoms with E-state index >= 15 is 0 Å². The van der Waals surface area contributed by atoms with Gasteiger partial charge in [-0.3, -0.25) is 0 Å². The lowest BCUT2D eigenvalue weighted by Crippen LogP contribution is -2.37. The second kappa shape index (κ2) is 6.41. The average Bonchev–Trinajstić information content (AvgIpc) is 2.13. The minimum Gasteiger partial charge on any atom is -0.379 e. The molecule has 0 aliphatic rings. The second-order valence-electron chi connectivity index (χ2n) is 4.99. The fourth-order valence-electron chi connectivity index (χ4n) is 1.44. The molecule has 0 aliphatic heterocycles. The first kappa shape index (κ1) is 13.9. The summed E-state index contributed by atoms with van der Waals surface area (Å²) in [4.78, 5) is 0. The highest BCUT2D eigenvalue weighted by molar-refractivity contribution is 4.75. The molecule has 0 fully saturated rings. The molecule has 14 heavy (non-hydrogen) atoms. The van der Waals surface area contributed by atoms with Gasteiger partial charge >= 0.3 is 0 Å². The summed E-state index contributed by atoms with van der Waals surface area (Å²) in [6.45, 7) is 12.1. The molecule has 0 aliphatic carbocycles. The van der Waals surface area contributed by atoms with Gasteiger partial charge in [-0.1, -0.05) is 20.3 Å². The van der Waals surface area contributed by atoms with Crippen molar-refractivity contribution in [2.45, 2.75) is 59.1 Å². The van der Waals surface area contributed by atoms with Crippen LogP contribution in [0, 0.1) is 5.92 Å². The summed E-state index contributed by atoms with van der Waals surface area (Å²) in [5, 5.41) is 3.54. The van der Waals surface area contributed by atoms with Gasteiger partial charge in [0.2, 0.25) is 0 Å². The van der Waals surface area contributed by atoms with Crippen LogP contribution in [-0.2, 0) is 4.74 Å². The molecule has 2 unspecified atom stereocenters. The van der Waals surface area contributed by atoms with Crippen molar-refractivity contribution in [1.29, 1.82) is 0 Å². The first-order chi connectivity index (χ1) is 6.41. The van der Waals surface area contributed by atoms with Crippen LogP contribution in [0.25, 0.3) is 0 Å². The highest BCUT2D eigenvalue weighted by atomic mass is 16.5. The van der Waals surface area contributed by atoms with E-state index in [0.29, 0.717) is 6.04 Å². The van der Waals surface area contributed by atoms with Crippen molar-refractivity contribution in [3.05, 3.63) is 0 Å². The third kappa shape index (κ3) is 6.39. The molecule has 0 saturated heterocycles. The predicted octanol–water partition coefficient (Wildman–Crippen LogP) is 2.83. The van der Waals surface area contributed by atoms with E-state index in [-0.39, 0.29) is 5.60 Å². The zero-order valence-electron chi connectivity index (χ0n) is 10.7. The van der Waals surface area contributed by atoms with Crippen LogP contribution in [0.1, 0.15) is 47.5 Å². The molecule has 0 bridgehead atoms. The van der Waals surface area contributed by atoms with E-state index in [1.54, 1.807) is 7.11 Å². The molecule has 0 rings (SSSR count). The van der Waals surface area contributed by atoms with Crippen molar-refractivity contribution >= 4 is 0 Å². The zero-order valence-corrected chi connectivity index (χ0v) is 10.7. The van der Waals surface area contributed by atoms with Crippen molar-refractivity contribution in [1.82, 2.24) is 5.32 Å². The molecule has 2 heteroatoms. The Morgan fingerprint density at radius 3 is 2.29 bits per heavy atom. The summed E-state index contributed by atoms with van der Waals surface area (Å²) < 4.78 is 5.40. The van der Waals surface area contributed by atoms with E-state index < -0.39 is 0 Å².